The molecule has 2 rings (SSSR count). The minimum atomic E-state index is -4.07. The Morgan fingerprint density at radius 3 is 2.06 bits per heavy atom. The molecule has 1 N–H and O–H groups in total. The zero-order chi connectivity index (χ0) is 23.6. The topological polar surface area (TPSA) is 116 Å². The van der Waals surface area contributed by atoms with Crippen molar-refractivity contribution in [1.29, 1.82) is 0 Å². The molecular weight excluding hydrogens is 442 g/mol. The maximum absolute atomic E-state index is 13.3. The number of rotatable bonds is 7. The molecule has 8 nitrogen and oxygen atoms in total. The lowest BCUT2D eigenvalue weighted by atomic mass is 10.1. The number of esters is 1. The van der Waals surface area contributed by atoms with Crippen molar-refractivity contribution in [2.75, 3.05) is 13.4 Å². The van der Waals surface area contributed by atoms with Crippen molar-refractivity contribution in [3.63, 3.8) is 0 Å². The molecule has 0 aliphatic heterocycles. The number of ether oxygens (including phenoxy) is 2. The Labute approximate surface area is 183 Å². The molecule has 0 fully saturated rings. The number of benzene rings is 2. The molecule has 0 spiro atoms. The Balaban J connectivity index is 2.49. The summed E-state index contributed by atoms with van der Waals surface area (Å²) in [4.78, 5) is 12.4. The van der Waals surface area contributed by atoms with Gasteiger partial charge in [0, 0.05) is 6.04 Å². The average molecular weight is 470 g/mol. The van der Waals surface area contributed by atoms with Crippen LogP contribution in [0.4, 0.5) is 0 Å². The predicted molar refractivity (Wildman–Crippen MR) is 116 cm³/mol. The molecule has 10 heteroatoms. The number of sulfone groups is 1. The van der Waals surface area contributed by atoms with Gasteiger partial charge in [0.2, 0.25) is 19.9 Å². The maximum Gasteiger partial charge on any atom is 0.340 e. The van der Waals surface area contributed by atoms with Crippen molar-refractivity contribution in [3.05, 3.63) is 53.6 Å². The van der Waals surface area contributed by atoms with E-state index >= 15 is 0 Å². The van der Waals surface area contributed by atoms with Gasteiger partial charge in [-0.15, -0.1) is 0 Å². The molecule has 0 aromatic heterocycles. The van der Waals surface area contributed by atoms with Gasteiger partial charge < -0.3 is 9.47 Å². The van der Waals surface area contributed by atoms with Crippen LogP contribution in [0.5, 0.6) is 5.75 Å². The number of methoxy groups -OCH3 is 1. The van der Waals surface area contributed by atoms with Gasteiger partial charge in [0.1, 0.15) is 11.4 Å². The zero-order valence-electron chi connectivity index (χ0n) is 18.3. The summed E-state index contributed by atoms with van der Waals surface area (Å²) >= 11 is 0. The predicted octanol–water partition coefficient (Wildman–Crippen LogP) is 3.09. The van der Waals surface area contributed by atoms with Crippen LogP contribution < -0.4 is 9.46 Å². The lowest BCUT2D eigenvalue weighted by molar-refractivity contribution is 0.00647. The highest BCUT2D eigenvalue weighted by molar-refractivity contribution is 7.91. The van der Waals surface area contributed by atoms with E-state index < -0.39 is 37.5 Å². The molecule has 0 saturated carbocycles. The summed E-state index contributed by atoms with van der Waals surface area (Å²) in [5.74, 6) is -0.469. The summed E-state index contributed by atoms with van der Waals surface area (Å²) in [7, 11) is -6.08. The first-order chi connectivity index (χ1) is 14.1. The van der Waals surface area contributed by atoms with Crippen molar-refractivity contribution < 1.29 is 31.1 Å². The molecule has 0 saturated heterocycles. The van der Waals surface area contributed by atoms with Gasteiger partial charge >= 0.3 is 5.97 Å². The minimum Gasteiger partial charge on any atom is -0.497 e. The van der Waals surface area contributed by atoms with Gasteiger partial charge in [-0.05, 0) is 63.6 Å². The first-order valence-electron chi connectivity index (χ1n) is 9.38. The standard InChI is InChI=1S/C21H27NO7S2/c1-14(22-30(6,24)25)15-7-10-17(11-8-15)31(26,27)19-12-9-16(28-5)13-18(19)20(23)29-21(2,3)4/h7-14,22H,1-6H3. The molecule has 1 unspecified atom stereocenters. The van der Waals surface area contributed by atoms with Crippen LogP contribution in [-0.4, -0.2) is 41.8 Å². The van der Waals surface area contributed by atoms with E-state index in [1.807, 2.05) is 0 Å². The fourth-order valence-corrected chi connectivity index (χ4v) is 5.02. The number of hydrogen-bond acceptors (Lipinski definition) is 7. The molecule has 0 bridgehead atoms. The molecule has 0 aliphatic carbocycles. The van der Waals surface area contributed by atoms with Gasteiger partial charge in [-0.25, -0.2) is 26.4 Å². The summed E-state index contributed by atoms with van der Waals surface area (Å²) in [5, 5.41) is 0. The summed E-state index contributed by atoms with van der Waals surface area (Å²) < 4.78 is 62.3. The minimum absolute atomic E-state index is 0.0437. The quantitative estimate of drug-likeness (QED) is 0.620. The first-order valence-corrected chi connectivity index (χ1v) is 12.8. The average Bonchev–Trinajstić information content (AvgIpc) is 2.64. The molecule has 0 radical (unpaired) electrons. The molecule has 2 aromatic carbocycles. The Hall–Kier alpha value is -2.43. The third-order valence-corrected chi connectivity index (χ3v) is 6.79. The lowest BCUT2D eigenvalue weighted by Crippen LogP contribution is -2.25. The van der Waals surface area contributed by atoms with Crippen LogP contribution in [0.3, 0.4) is 0 Å². The summed E-state index contributed by atoms with van der Waals surface area (Å²) in [6.45, 7) is 6.70. The van der Waals surface area contributed by atoms with E-state index in [2.05, 4.69) is 4.72 Å². The maximum atomic E-state index is 13.3. The second kappa shape index (κ2) is 8.97. The van der Waals surface area contributed by atoms with Crippen LogP contribution in [0.15, 0.2) is 52.3 Å². The van der Waals surface area contributed by atoms with Crippen LogP contribution in [0.2, 0.25) is 0 Å². The fourth-order valence-electron chi connectivity index (χ4n) is 2.81. The zero-order valence-corrected chi connectivity index (χ0v) is 19.9. The van der Waals surface area contributed by atoms with E-state index in [9.17, 15) is 21.6 Å². The molecule has 2 aromatic rings. The van der Waals surface area contributed by atoms with E-state index in [-0.39, 0.29) is 15.4 Å². The van der Waals surface area contributed by atoms with E-state index in [1.54, 1.807) is 27.7 Å². The summed E-state index contributed by atoms with van der Waals surface area (Å²) in [5.41, 5.74) is -0.358. The van der Waals surface area contributed by atoms with Gasteiger partial charge in [0.15, 0.2) is 0 Å². The number of sulfonamides is 1. The fraction of sp³-hybridized carbons (Fsp3) is 0.381. The molecule has 0 aliphatic rings. The molecule has 1 atom stereocenters. The van der Waals surface area contributed by atoms with E-state index in [0.29, 0.717) is 11.3 Å². The largest absolute Gasteiger partial charge is 0.497 e. The molecular formula is C21H27NO7S2. The SMILES string of the molecule is COc1ccc(S(=O)(=O)c2ccc(C(C)NS(C)(=O)=O)cc2)c(C(=O)OC(C)(C)C)c1. The summed E-state index contributed by atoms with van der Waals surface area (Å²) in [6, 6.07) is 9.32. The highest BCUT2D eigenvalue weighted by Crippen LogP contribution is 2.29. The van der Waals surface area contributed by atoms with E-state index in [1.165, 1.54) is 49.6 Å². The van der Waals surface area contributed by atoms with Crippen molar-refractivity contribution in [3.8, 4) is 5.75 Å². The molecule has 31 heavy (non-hydrogen) atoms. The van der Waals surface area contributed by atoms with Crippen LogP contribution in [0.1, 0.15) is 49.7 Å². The van der Waals surface area contributed by atoms with Crippen molar-refractivity contribution in [2.24, 2.45) is 0 Å². The van der Waals surface area contributed by atoms with Gasteiger partial charge in [0.05, 0.1) is 28.7 Å². The number of carbonyl (C=O) groups is 1. The highest BCUT2D eigenvalue weighted by Gasteiger charge is 2.28. The number of carbonyl (C=O) groups excluding carboxylic acids is 1. The van der Waals surface area contributed by atoms with E-state index in [4.69, 9.17) is 9.47 Å². The third kappa shape index (κ3) is 6.52. The summed E-state index contributed by atoms with van der Waals surface area (Å²) in [6.07, 6.45) is 1.05. The van der Waals surface area contributed by atoms with Gasteiger partial charge in [-0.2, -0.15) is 0 Å². The van der Waals surface area contributed by atoms with Crippen LogP contribution in [0.25, 0.3) is 0 Å². The van der Waals surface area contributed by atoms with Crippen LogP contribution in [-0.2, 0) is 24.6 Å². The molecule has 0 amide bonds. The second-order valence-corrected chi connectivity index (χ2v) is 11.7. The highest BCUT2D eigenvalue weighted by atomic mass is 32.2. The number of nitrogens with one attached hydrogen (secondary N) is 1. The lowest BCUT2D eigenvalue weighted by Gasteiger charge is -2.21. The van der Waals surface area contributed by atoms with Crippen LogP contribution in [0, 0.1) is 0 Å². The normalized spacial score (nSPS) is 13.5. The van der Waals surface area contributed by atoms with E-state index in [0.717, 1.165) is 6.26 Å². The Morgan fingerprint density at radius 1 is 1.00 bits per heavy atom. The van der Waals surface area contributed by atoms with Crippen molar-refractivity contribution in [2.45, 2.75) is 49.1 Å². The first kappa shape index (κ1) is 24.8. The second-order valence-electron chi connectivity index (χ2n) is 8.05. The Bertz CT molecular complexity index is 1160. The van der Waals surface area contributed by atoms with Crippen molar-refractivity contribution in [1.82, 2.24) is 4.72 Å². The monoisotopic (exact) mass is 469 g/mol. The Morgan fingerprint density at radius 2 is 1.58 bits per heavy atom. The smallest absolute Gasteiger partial charge is 0.340 e. The van der Waals surface area contributed by atoms with Gasteiger partial charge in [-0.1, -0.05) is 12.1 Å². The van der Waals surface area contributed by atoms with Crippen LogP contribution >= 0.6 is 0 Å². The van der Waals surface area contributed by atoms with Gasteiger partial charge in [0.25, 0.3) is 0 Å². The Kier molecular flexibility index (Phi) is 7.19. The molecule has 0 heterocycles. The molecule has 170 valence electrons. The van der Waals surface area contributed by atoms with Crippen molar-refractivity contribution >= 4 is 25.8 Å². The van der Waals surface area contributed by atoms with Gasteiger partial charge in [-0.3, -0.25) is 0 Å². The third-order valence-electron chi connectivity index (χ3n) is 4.18. The number of hydrogen-bond donors (Lipinski definition) is 1.